The van der Waals surface area contributed by atoms with Gasteiger partial charge in [0.25, 0.3) is 5.69 Å². The summed E-state index contributed by atoms with van der Waals surface area (Å²) in [5, 5.41) is 11.3. The number of carbonyl (C=O) groups excluding carboxylic acids is 1. The fourth-order valence-electron chi connectivity index (χ4n) is 2.97. The molecule has 1 heterocycles. The number of nitro benzene ring substituents is 1. The van der Waals surface area contributed by atoms with E-state index in [-0.39, 0.29) is 11.3 Å². The summed E-state index contributed by atoms with van der Waals surface area (Å²) in [5.41, 5.74) is 2.30. The number of hydrogen-bond acceptors (Lipinski definition) is 5. The van der Waals surface area contributed by atoms with Gasteiger partial charge in [0, 0.05) is 24.0 Å². The lowest BCUT2D eigenvalue weighted by molar-refractivity contribution is -0.384. The molecular formula is C19H16N2O5. The van der Waals surface area contributed by atoms with Crippen molar-refractivity contribution < 1.29 is 14.5 Å². The molecule has 0 unspecified atom stereocenters. The van der Waals surface area contributed by atoms with Gasteiger partial charge >= 0.3 is 5.97 Å². The first-order valence-corrected chi connectivity index (χ1v) is 7.84. The van der Waals surface area contributed by atoms with Crippen LogP contribution in [0.1, 0.15) is 21.5 Å². The van der Waals surface area contributed by atoms with Crippen molar-refractivity contribution >= 4 is 22.6 Å². The predicted molar refractivity (Wildman–Crippen MR) is 97.0 cm³/mol. The first-order valence-electron chi connectivity index (χ1n) is 7.84. The summed E-state index contributed by atoms with van der Waals surface area (Å²) in [6.07, 6.45) is 1.42. The van der Waals surface area contributed by atoms with E-state index in [0.29, 0.717) is 16.6 Å². The third kappa shape index (κ3) is 2.73. The van der Waals surface area contributed by atoms with Gasteiger partial charge in [0.1, 0.15) is 5.56 Å². The maximum Gasteiger partial charge on any atom is 0.343 e. The normalized spacial score (nSPS) is 10.7. The van der Waals surface area contributed by atoms with Crippen LogP contribution in [-0.2, 0) is 4.74 Å². The second-order valence-electron chi connectivity index (χ2n) is 5.93. The quantitative estimate of drug-likeness (QED) is 0.410. The lowest BCUT2D eigenvalue weighted by Gasteiger charge is -2.16. The van der Waals surface area contributed by atoms with E-state index < -0.39 is 16.3 Å². The average molecular weight is 352 g/mol. The van der Waals surface area contributed by atoms with Crippen molar-refractivity contribution in [2.24, 2.45) is 0 Å². The summed E-state index contributed by atoms with van der Waals surface area (Å²) in [6, 6.07) is 9.61. The van der Waals surface area contributed by atoms with Crippen molar-refractivity contribution in [3.05, 3.63) is 79.6 Å². The molecule has 7 heteroatoms. The highest BCUT2D eigenvalue weighted by Crippen LogP contribution is 2.25. The van der Waals surface area contributed by atoms with Crippen LogP contribution in [0.2, 0.25) is 0 Å². The van der Waals surface area contributed by atoms with Crippen LogP contribution in [0.25, 0.3) is 16.6 Å². The van der Waals surface area contributed by atoms with Gasteiger partial charge in [-0.1, -0.05) is 12.1 Å². The molecule has 7 nitrogen and oxygen atoms in total. The molecule has 0 radical (unpaired) electrons. The van der Waals surface area contributed by atoms with E-state index in [9.17, 15) is 19.7 Å². The minimum atomic E-state index is -0.728. The molecule has 1 aromatic heterocycles. The summed E-state index contributed by atoms with van der Waals surface area (Å²) in [5.74, 6) is -0.728. The summed E-state index contributed by atoms with van der Waals surface area (Å²) in [6.45, 7) is 3.66. The highest BCUT2D eigenvalue weighted by molar-refractivity contribution is 5.96. The minimum absolute atomic E-state index is 0.0415. The number of nitro groups is 1. The average Bonchev–Trinajstić information content (AvgIpc) is 2.64. The monoisotopic (exact) mass is 352 g/mol. The maximum atomic E-state index is 12.8. The Morgan fingerprint density at radius 2 is 1.69 bits per heavy atom. The van der Waals surface area contributed by atoms with Gasteiger partial charge < -0.3 is 9.30 Å². The molecule has 0 aliphatic carbocycles. The highest BCUT2D eigenvalue weighted by atomic mass is 16.6. The second-order valence-corrected chi connectivity index (χ2v) is 5.93. The molecule has 2 aromatic carbocycles. The minimum Gasteiger partial charge on any atom is -0.465 e. The molecule has 0 atom stereocenters. The molecule has 3 aromatic rings. The number of methoxy groups -OCH3 is 1. The zero-order valence-corrected chi connectivity index (χ0v) is 14.5. The van der Waals surface area contributed by atoms with E-state index in [0.717, 1.165) is 11.1 Å². The van der Waals surface area contributed by atoms with Crippen LogP contribution in [0.4, 0.5) is 5.69 Å². The summed E-state index contributed by atoms with van der Waals surface area (Å²) < 4.78 is 6.43. The van der Waals surface area contributed by atoms with Crippen LogP contribution >= 0.6 is 0 Å². The first-order chi connectivity index (χ1) is 12.3. The Morgan fingerprint density at radius 1 is 1.08 bits per heavy atom. The number of aromatic nitrogens is 1. The molecule has 3 rings (SSSR count). The van der Waals surface area contributed by atoms with Crippen LogP contribution < -0.4 is 5.43 Å². The number of fused-ring (bicyclic) bond motifs is 1. The number of ether oxygens (including phenoxy) is 1. The van der Waals surface area contributed by atoms with Gasteiger partial charge in [0.2, 0.25) is 5.43 Å². The van der Waals surface area contributed by atoms with Crippen LogP contribution in [0.5, 0.6) is 0 Å². The maximum absolute atomic E-state index is 12.8. The Bertz CT molecular complexity index is 1100. The molecule has 0 fully saturated rings. The molecule has 0 amide bonds. The van der Waals surface area contributed by atoms with Crippen molar-refractivity contribution in [3.63, 3.8) is 0 Å². The van der Waals surface area contributed by atoms with E-state index in [1.54, 1.807) is 23.6 Å². The van der Waals surface area contributed by atoms with Gasteiger partial charge in [-0.2, -0.15) is 0 Å². The summed E-state index contributed by atoms with van der Waals surface area (Å²) >= 11 is 0. The SMILES string of the molecule is COC(=O)c1cn(-c2ccc([N+](=O)[O-])cc2)c2c(C)ccc(C)c2c1=O. The predicted octanol–water partition coefficient (Wildman–Crippen LogP) is 3.30. The number of rotatable bonds is 3. The molecule has 0 bridgehead atoms. The largest absolute Gasteiger partial charge is 0.465 e. The van der Waals surface area contributed by atoms with E-state index in [4.69, 9.17) is 4.74 Å². The third-order valence-corrected chi connectivity index (χ3v) is 4.30. The van der Waals surface area contributed by atoms with E-state index in [1.165, 1.54) is 25.4 Å². The number of nitrogens with zero attached hydrogens (tertiary/aromatic N) is 2. The number of esters is 1. The van der Waals surface area contributed by atoms with Crippen molar-refractivity contribution in [1.29, 1.82) is 0 Å². The molecule has 0 spiro atoms. The zero-order valence-electron chi connectivity index (χ0n) is 14.5. The topological polar surface area (TPSA) is 91.4 Å². The summed E-state index contributed by atoms with van der Waals surface area (Å²) in [4.78, 5) is 35.3. The lowest BCUT2D eigenvalue weighted by atomic mass is 10.0. The number of aryl methyl sites for hydroxylation is 2. The number of non-ortho nitro benzene ring substituents is 1. The second kappa shape index (κ2) is 6.44. The Hall–Kier alpha value is -3.48. The Kier molecular flexibility index (Phi) is 4.29. The van der Waals surface area contributed by atoms with Crippen LogP contribution in [0, 0.1) is 24.0 Å². The molecule has 26 heavy (non-hydrogen) atoms. The molecule has 0 N–H and O–H groups in total. The van der Waals surface area contributed by atoms with E-state index in [2.05, 4.69) is 0 Å². The third-order valence-electron chi connectivity index (χ3n) is 4.30. The Labute approximate surface area is 148 Å². The molecule has 0 aliphatic rings. The first kappa shape index (κ1) is 17.3. The van der Waals surface area contributed by atoms with Crippen molar-refractivity contribution in [2.45, 2.75) is 13.8 Å². The standard InChI is InChI=1S/C19H16N2O5/c1-11-4-5-12(2)17-16(11)18(22)15(19(23)26-3)10-20(17)13-6-8-14(9-7-13)21(24)25/h4-10H,1-3H3. The zero-order chi connectivity index (χ0) is 19.0. The van der Waals surface area contributed by atoms with Gasteiger partial charge in [0.05, 0.1) is 22.9 Å². The van der Waals surface area contributed by atoms with Gasteiger partial charge in [-0.15, -0.1) is 0 Å². The van der Waals surface area contributed by atoms with Gasteiger partial charge in [-0.25, -0.2) is 4.79 Å². The fraction of sp³-hybridized carbons (Fsp3) is 0.158. The van der Waals surface area contributed by atoms with Gasteiger partial charge in [-0.05, 0) is 37.1 Å². The van der Waals surface area contributed by atoms with Crippen LogP contribution in [0.15, 0.2) is 47.4 Å². The number of hydrogen-bond donors (Lipinski definition) is 0. The molecule has 132 valence electrons. The highest BCUT2D eigenvalue weighted by Gasteiger charge is 2.19. The number of pyridine rings is 1. The van der Waals surface area contributed by atoms with E-state index in [1.807, 2.05) is 19.1 Å². The Balaban J connectivity index is 2.42. The van der Waals surface area contributed by atoms with Crippen molar-refractivity contribution in [2.75, 3.05) is 7.11 Å². The lowest BCUT2D eigenvalue weighted by Crippen LogP contribution is -2.20. The smallest absolute Gasteiger partial charge is 0.343 e. The molecule has 0 saturated heterocycles. The number of carbonyl (C=O) groups is 1. The number of benzene rings is 2. The Morgan fingerprint density at radius 3 is 2.27 bits per heavy atom. The van der Waals surface area contributed by atoms with Gasteiger partial charge in [0.15, 0.2) is 0 Å². The van der Waals surface area contributed by atoms with Gasteiger partial charge in [-0.3, -0.25) is 14.9 Å². The van der Waals surface area contributed by atoms with Crippen LogP contribution in [0.3, 0.4) is 0 Å². The van der Waals surface area contributed by atoms with Crippen LogP contribution in [-0.4, -0.2) is 22.6 Å². The molecular weight excluding hydrogens is 336 g/mol. The van der Waals surface area contributed by atoms with Crippen molar-refractivity contribution in [3.8, 4) is 5.69 Å². The summed E-state index contributed by atoms with van der Waals surface area (Å²) in [7, 11) is 1.21. The van der Waals surface area contributed by atoms with E-state index >= 15 is 0 Å². The molecule has 0 saturated carbocycles. The fourth-order valence-corrected chi connectivity index (χ4v) is 2.97. The van der Waals surface area contributed by atoms with Crippen molar-refractivity contribution in [1.82, 2.24) is 4.57 Å². The molecule has 0 aliphatic heterocycles.